The molecule has 0 aliphatic rings. The van der Waals surface area contributed by atoms with E-state index in [1.165, 1.54) is 28.8 Å². The van der Waals surface area contributed by atoms with Crippen molar-refractivity contribution < 1.29 is 37.0 Å². The number of benzene rings is 2. The second-order valence-corrected chi connectivity index (χ2v) is 10.7. The van der Waals surface area contributed by atoms with Crippen molar-refractivity contribution in [1.82, 2.24) is 4.57 Å². The first-order chi connectivity index (χ1) is 17.6. The van der Waals surface area contributed by atoms with Gasteiger partial charge in [0.15, 0.2) is 26.1 Å². The summed E-state index contributed by atoms with van der Waals surface area (Å²) in [6.45, 7) is 8.22. The summed E-state index contributed by atoms with van der Waals surface area (Å²) < 4.78 is 48.4. The van der Waals surface area contributed by atoms with Gasteiger partial charge in [0.1, 0.15) is 6.54 Å². The second kappa shape index (κ2) is 12.2. The third-order valence-corrected chi connectivity index (χ3v) is 7.18. The van der Waals surface area contributed by atoms with Crippen molar-refractivity contribution in [1.29, 1.82) is 0 Å². The molecule has 2 aromatic carbocycles. The van der Waals surface area contributed by atoms with Crippen LogP contribution in [0.4, 0.5) is 0 Å². The molecule has 12 heteroatoms. The van der Waals surface area contributed by atoms with Gasteiger partial charge < -0.3 is 23.5 Å². The van der Waals surface area contributed by atoms with E-state index in [0.717, 1.165) is 17.6 Å². The predicted molar refractivity (Wildman–Crippen MR) is 139 cm³/mol. The van der Waals surface area contributed by atoms with Crippen LogP contribution in [-0.4, -0.2) is 57.5 Å². The summed E-state index contributed by atoms with van der Waals surface area (Å²) in [5.74, 6) is -0.0147. The highest BCUT2D eigenvalue weighted by molar-refractivity contribution is 7.90. The molecule has 0 saturated carbocycles. The Balaban J connectivity index is 2.19. The normalized spacial score (nSPS) is 12.0. The molecular formula is C25H30N2O8S2. The van der Waals surface area contributed by atoms with E-state index < -0.39 is 21.7 Å². The predicted octanol–water partition coefficient (Wildman–Crippen LogP) is 3.61. The highest BCUT2D eigenvalue weighted by Crippen LogP contribution is 2.39. The molecule has 0 bridgehead atoms. The van der Waals surface area contributed by atoms with E-state index in [1.54, 1.807) is 13.0 Å². The lowest BCUT2D eigenvalue weighted by atomic mass is 10.1. The molecule has 0 fully saturated rings. The zero-order chi connectivity index (χ0) is 27.2. The number of amides is 1. The monoisotopic (exact) mass is 550 g/mol. The fourth-order valence-corrected chi connectivity index (χ4v) is 5.31. The standard InChI is InChI=1S/C25H30N2O8S2/c1-6-32-19-12-16(13-20(33-7-2)23(19)35-9-4)24(29)26-25-27(15-22(28)34-8-3)18-11-10-17(37(5,30)31)14-21(18)36-25/h10-14H,6-9,15H2,1-5H3. The van der Waals surface area contributed by atoms with Crippen molar-refractivity contribution in [2.45, 2.75) is 39.1 Å². The van der Waals surface area contributed by atoms with Crippen molar-refractivity contribution >= 4 is 43.3 Å². The van der Waals surface area contributed by atoms with Crippen LogP contribution in [0.1, 0.15) is 38.1 Å². The lowest BCUT2D eigenvalue weighted by Gasteiger charge is -2.16. The average molecular weight is 551 g/mol. The molecule has 0 unspecified atom stereocenters. The van der Waals surface area contributed by atoms with Crippen LogP contribution in [0.5, 0.6) is 17.2 Å². The largest absolute Gasteiger partial charge is 0.490 e. The van der Waals surface area contributed by atoms with Gasteiger partial charge in [-0.05, 0) is 58.0 Å². The molecule has 10 nitrogen and oxygen atoms in total. The summed E-state index contributed by atoms with van der Waals surface area (Å²) in [7, 11) is -3.46. The molecule has 1 heterocycles. The molecule has 200 valence electrons. The van der Waals surface area contributed by atoms with Gasteiger partial charge in [0.2, 0.25) is 5.75 Å². The maximum Gasteiger partial charge on any atom is 0.326 e. The number of rotatable bonds is 11. The first-order valence-corrected chi connectivity index (χ1v) is 14.5. The minimum absolute atomic E-state index is 0.122. The van der Waals surface area contributed by atoms with Crippen LogP contribution in [0, 0.1) is 0 Å². The Morgan fingerprint density at radius 1 is 0.919 bits per heavy atom. The molecule has 37 heavy (non-hydrogen) atoms. The second-order valence-electron chi connectivity index (χ2n) is 7.70. The van der Waals surface area contributed by atoms with Crippen LogP contribution in [0.25, 0.3) is 10.2 Å². The third kappa shape index (κ3) is 6.69. The molecule has 0 saturated heterocycles. The summed E-state index contributed by atoms with van der Waals surface area (Å²) in [5, 5.41) is 0. The van der Waals surface area contributed by atoms with Crippen LogP contribution in [0.2, 0.25) is 0 Å². The molecule has 0 aliphatic carbocycles. The lowest BCUT2D eigenvalue weighted by molar-refractivity contribution is -0.143. The van der Waals surface area contributed by atoms with E-state index in [-0.39, 0.29) is 28.4 Å². The summed E-state index contributed by atoms with van der Waals surface area (Å²) >= 11 is 1.09. The van der Waals surface area contributed by atoms with Crippen molar-refractivity contribution in [2.24, 2.45) is 4.99 Å². The fourth-order valence-electron chi connectivity index (χ4n) is 3.52. The molecular weight excluding hydrogens is 520 g/mol. The number of fused-ring (bicyclic) bond motifs is 1. The van der Waals surface area contributed by atoms with Crippen LogP contribution >= 0.6 is 11.3 Å². The number of aromatic nitrogens is 1. The molecule has 1 amide bonds. The van der Waals surface area contributed by atoms with Crippen molar-refractivity contribution in [3.8, 4) is 17.2 Å². The van der Waals surface area contributed by atoms with Crippen molar-refractivity contribution in [2.75, 3.05) is 32.7 Å². The van der Waals surface area contributed by atoms with Crippen molar-refractivity contribution in [3.63, 3.8) is 0 Å². The zero-order valence-corrected chi connectivity index (χ0v) is 23.0. The van der Waals surface area contributed by atoms with E-state index in [9.17, 15) is 18.0 Å². The number of nitrogens with zero attached hydrogens (tertiary/aromatic N) is 2. The Morgan fingerprint density at radius 2 is 1.54 bits per heavy atom. The quantitative estimate of drug-likeness (QED) is 0.332. The Morgan fingerprint density at radius 3 is 2.08 bits per heavy atom. The Labute approximate surface area is 219 Å². The van der Waals surface area contributed by atoms with Gasteiger partial charge in [-0.1, -0.05) is 11.3 Å². The van der Waals surface area contributed by atoms with Gasteiger partial charge in [0.25, 0.3) is 5.91 Å². The van der Waals surface area contributed by atoms with Crippen LogP contribution in [0.3, 0.4) is 0 Å². The maximum atomic E-state index is 13.3. The van der Waals surface area contributed by atoms with Gasteiger partial charge >= 0.3 is 5.97 Å². The van der Waals surface area contributed by atoms with E-state index >= 15 is 0 Å². The number of sulfone groups is 1. The first kappa shape index (κ1) is 28.2. The van der Waals surface area contributed by atoms with Gasteiger partial charge in [-0.15, -0.1) is 0 Å². The summed E-state index contributed by atoms with van der Waals surface area (Å²) in [6.07, 6.45) is 1.11. The SMILES string of the molecule is CCOC(=O)Cn1c(=NC(=O)c2cc(OCC)c(OCC)c(OCC)c2)sc2cc(S(C)(=O)=O)ccc21. The molecule has 0 aliphatic heterocycles. The van der Waals surface area contributed by atoms with Crippen LogP contribution in [0.15, 0.2) is 40.2 Å². The molecule has 0 N–H and O–H groups in total. The van der Waals surface area contributed by atoms with Crippen LogP contribution < -0.4 is 19.0 Å². The van der Waals surface area contributed by atoms with Gasteiger partial charge in [0.05, 0.1) is 41.5 Å². The molecule has 0 radical (unpaired) electrons. The highest BCUT2D eigenvalue weighted by Gasteiger charge is 2.20. The molecule has 3 rings (SSSR count). The Hall–Kier alpha value is -3.38. The van der Waals surface area contributed by atoms with Gasteiger partial charge in [-0.3, -0.25) is 9.59 Å². The lowest BCUT2D eigenvalue weighted by Crippen LogP contribution is -2.23. The van der Waals surface area contributed by atoms with E-state index in [0.29, 0.717) is 47.3 Å². The minimum Gasteiger partial charge on any atom is -0.490 e. The summed E-state index contributed by atoms with van der Waals surface area (Å²) in [4.78, 5) is 30.3. The van der Waals surface area contributed by atoms with E-state index in [4.69, 9.17) is 18.9 Å². The number of esters is 1. The van der Waals surface area contributed by atoms with E-state index in [1.807, 2.05) is 20.8 Å². The minimum atomic E-state index is -3.46. The topological polar surface area (TPSA) is 122 Å². The number of thiazole rings is 1. The molecule has 0 spiro atoms. The number of carbonyl (C=O) groups is 2. The van der Waals surface area contributed by atoms with Gasteiger partial charge in [0, 0.05) is 11.8 Å². The Bertz CT molecular complexity index is 1440. The van der Waals surface area contributed by atoms with Gasteiger partial charge in [-0.2, -0.15) is 4.99 Å². The zero-order valence-electron chi connectivity index (χ0n) is 21.4. The van der Waals surface area contributed by atoms with Crippen molar-refractivity contribution in [3.05, 3.63) is 40.7 Å². The number of hydrogen-bond donors (Lipinski definition) is 0. The first-order valence-electron chi connectivity index (χ1n) is 11.8. The molecule has 3 aromatic rings. The molecule has 1 aromatic heterocycles. The average Bonchev–Trinajstić information content (AvgIpc) is 3.16. The molecule has 0 atom stereocenters. The summed E-state index contributed by atoms with van der Waals surface area (Å²) in [5.41, 5.74) is 0.751. The fraction of sp³-hybridized carbons (Fsp3) is 0.400. The Kier molecular flexibility index (Phi) is 9.33. The third-order valence-electron chi connectivity index (χ3n) is 5.03. The number of hydrogen-bond acceptors (Lipinski definition) is 9. The van der Waals surface area contributed by atoms with Gasteiger partial charge in [-0.25, -0.2) is 8.42 Å². The summed E-state index contributed by atoms with van der Waals surface area (Å²) in [6, 6.07) is 7.61. The number of ether oxygens (including phenoxy) is 4. The number of carbonyl (C=O) groups excluding carboxylic acids is 2. The van der Waals surface area contributed by atoms with Crippen LogP contribution in [-0.2, 0) is 25.9 Å². The smallest absolute Gasteiger partial charge is 0.326 e. The van der Waals surface area contributed by atoms with E-state index in [2.05, 4.69) is 4.99 Å². The highest BCUT2D eigenvalue weighted by atomic mass is 32.2. The maximum absolute atomic E-state index is 13.3.